The molecular formula is C19H17ClF2N4O3. The van der Waals surface area contributed by atoms with Gasteiger partial charge in [-0.15, -0.1) is 0 Å². The molecule has 0 unspecified atom stereocenters. The minimum absolute atomic E-state index is 0.0899. The van der Waals surface area contributed by atoms with Crippen LogP contribution in [0.15, 0.2) is 28.8 Å². The number of carbonyl (C=O) groups excluding carboxylic acids is 2. The zero-order chi connectivity index (χ0) is 20.7. The Morgan fingerprint density at radius 1 is 1.38 bits per heavy atom. The number of aromatic nitrogens is 2. The van der Waals surface area contributed by atoms with Crippen molar-refractivity contribution >= 4 is 34.3 Å². The van der Waals surface area contributed by atoms with Crippen molar-refractivity contribution in [3.63, 3.8) is 0 Å². The van der Waals surface area contributed by atoms with Gasteiger partial charge in [0.15, 0.2) is 0 Å². The third kappa shape index (κ3) is 3.57. The maximum Gasteiger partial charge on any atom is 0.290 e. The molecule has 0 bridgehead atoms. The summed E-state index contributed by atoms with van der Waals surface area (Å²) < 4.78 is 30.5. The van der Waals surface area contributed by atoms with Crippen LogP contribution in [0.5, 0.6) is 0 Å². The number of nitrogens with zero attached hydrogens (tertiary/aromatic N) is 2. The predicted molar refractivity (Wildman–Crippen MR) is 101 cm³/mol. The molecule has 2 N–H and O–H groups in total. The van der Waals surface area contributed by atoms with Gasteiger partial charge in [-0.25, -0.2) is 8.78 Å². The van der Waals surface area contributed by atoms with Crippen LogP contribution < -0.4 is 5.32 Å². The molecular weight excluding hydrogens is 406 g/mol. The highest BCUT2D eigenvalue weighted by Crippen LogP contribution is 2.27. The minimum Gasteiger partial charge on any atom is -0.350 e. The molecule has 0 saturated heterocycles. The van der Waals surface area contributed by atoms with E-state index in [0.717, 1.165) is 10.9 Å². The van der Waals surface area contributed by atoms with Crippen molar-refractivity contribution in [3.8, 4) is 0 Å². The first kappa shape index (κ1) is 19.4. The first-order chi connectivity index (χ1) is 13.8. The second-order valence-electron chi connectivity index (χ2n) is 6.89. The summed E-state index contributed by atoms with van der Waals surface area (Å²) in [6.45, 7) is 1.67. The van der Waals surface area contributed by atoms with E-state index in [2.05, 4.69) is 15.5 Å². The fourth-order valence-corrected chi connectivity index (χ4v) is 3.53. The molecule has 1 aliphatic heterocycles. The molecule has 3 aromatic rings. The summed E-state index contributed by atoms with van der Waals surface area (Å²) in [5.74, 6) is -1.20. The van der Waals surface area contributed by atoms with Gasteiger partial charge in [0.2, 0.25) is 5.76 Å². The zero-order valence-corrected chi connectivity index (χ0v) is 16.1. The van der Waals surface area contributed by atoms with E-state index < -0.39 is 18.4 Å². The van der Waals surface area contributed by atoms with E-state index >= 15 is 0 Å². The van der Waals surface area contributed by atoms with Gasteiger partial charge < -0.3 is 19.7 Å². The smallest absolute Gasteiger partial charge is 0.290 e. The number of halogens is 3. The fourth-order valence-electron chi connectivity index (χ4n) is 3.30. The summed E-state index contributed by atoms with van der Waals surface area (Å²) in [6.07, 6.45) is -2.31. The van der Waals surface area contributed by atoms with Crippen molar-refractivity contribution in [2.45, 2.75) is 32.4 Å². The maximum atomic E-state index is 13.0. The fraction of sp³-hybridized carbons (Fsp3) is 0.316. The molecule has 1 aliphatic rings. The van der Waals surface area contributed by atoms with Gasteiger partial charge in [0, 0.05) is 34.5 Å². The molecule has 29 heavy (non-hydrogen) atoms. The van der Waals surface area contributed by atoms with Crippen LogP contribution in [0.3, 0.4) is 0 Å². The maximum absolute atomic E-state index is 13.0. The lowest BCUT2D eigenvalue weighted by Crippen LogP contribution is -2.39. The zero-order valence-electron chi connectivity index (χ0n) is 15.3. The normalized spacial score (nSPS) is 14.9. The first-order valence-corrected chi connectivity index (χ1v) is 9.36. The lowest BCUT2D eigenvalue weighted by atomic mass is 10.0. The van der Waals surface area contributed by atoms with Crippen LogP contribution >= 0.6 is 11.6 Å². The van der Waals surface area contributed by atoms with Gasteiger partial charge in [-0.05, 0) is 25.1 Å². The molecule has 152 valence electrons. The average Bonchev–Trinajstić information content (AvgIpc) is 3.31. The van der Waals surface area contributed by atoms with Crippen LogP contribution in [0.25, 0.3) is 10.9 Å². The summed E-state index contributed by atoms with van der Waals surface area (Å²) in [5.41, 5.74) is 2.08. The molecule has 1 atom stereocenters. The molecule has 1 aromatic carbocycles. The van der Waals surface area contributed by atoms with E-state index in [-0.39, 0.29) is 18.2 Å². The topological polar surface area (TPSA) is 91.2 Å². The van der Waals surface area contributed by atoms with Gasteiger partial charge in [0.1, 0.15) is 5.69 Å². The Hall–Kier alpha value is -2.94. The van der Waals surface area contributed by atoms with E-state index in [4.69, 9.17) is 16.1 Å². The molecule has 0 radical (unpaired) electrons. The van der Waals surface area contributed by atoms with E-state index in [1.807, 2.05) is 6.07 Å². The number of aromatic amines is 1. The lowest BCUT2D eigenvalue weighted by molar-refractivity contribution is 0.0717. The highest BCUT2D eigenvalue weighted by Gasteiger charge is 2.31. The molecule has 10 heteroatoms. The van der Waals surface area contributed by atoms with E-state index in [1.54, 1.807) is 23.1 Å². The number of carbonyl (C=O) groups is 2. The second kappa shape index (κ2) is 7.47. The number of nitrogens with one attached hydrogen (secondary N) is 2. The van der Waals surface area contributed by atoms with Crippen LogP contribution in [-0.4, -0.2) is 45.9 Å². The highest BCUT2D eigenvalue weighted by molar-refractivity contribution is 6.35. The number of hydrogen-bond donors (Lipinski definition) is 2. The Bertz CT molecular complexity index is 1090. The van der Waals surface area contributed by atoms with Gasteiger partial charge in [-0.1, -0.05) is 22.8 Å². The monoisotopic (exact) mass is 422 g/mol. The molecule has 0 spiro atoms. The number of amides is 2. The van der Waals surface area contributed by atoms with Crippen molar-refractivity contribution in [3.05, 3.63) is 52.0 Å². The number of rotatable bonds is 4. The molecule has 0 fully saturated rings. The standard InChI is InChI=1S/C19H17ClF2N4O3/c1-9(17(21)22)23-18(27)16-11-8-26(6-5-14(11)25-29-16)19(28)15-7-10-12(20)3-2-4-13(10)24-15/h2-4,7,9,17,24H,5-6,8H2,1H3,(H,23,27)/t9-/m1/s1. The number of benzene rings is 1. The summed E-state index contributed by atoms with van der Waals surface area (Å²) >= 11 is 6.17. The van der Waals surface area contributed by atoms with Crippen LogP contribution in [0.1, 0.15) is 39.2 Å². The van der Waals surface area contributed by atoms with Crippen LogP contribution in [0, 0.1) is 0 Å². The van der Waals surface area contributed by atoms with Gasteiger partial charge in [-0.2, -0.15) is 0 Å². The number of hydrogen-bond acceptors (Lipinski definition) is 4. The Labute approximate surface area is 169 Å². The minimum atomic E-state index is -2.70. The Morgan fingerprint density at radius 2 is 2.17 bits per heavy atom. The van der Waals surface area contributed by atoms with Crippen molar-refractivity contribution in [1.82, 2.24) is 20.4 Å². The number of H-pyrrole nitrogens is 1. The molecule has 2 amide bonds. The van der Waals surface area contributed by atoms with E-state index in [9.17, 15) is 18.4 Å². The molecule has 4 rings (SSSR count). The van der Waals surface area contributed by atoms with Crippen molar-refractivity contribution in [2.24, 2.45) is 0 Å². The number of alkyl halides is 2. The SMILES string of the molecule is C[C@@H](NC(=O)c1onc2c1CN(C(=O)c1cc3c(Cl)cccc3[nH]1)CC2)C(F)F. The summed E-state index contributed by atoms with van der Waals surface area (Å²) in [7, 11) is 0. The van der Waals surface area contributed by atoms with Crippen LogP contribution in [-0.2, 0) is 13.0 Å². The quantitative estimate of drug-likeness (QED) is 0.674. The highest BCUT2D eigenvalue weighted by atomic mass is 35.5. The van der Waals surface area contributed by atoms with Gasteiger partial charge >= 0.3 is 0 Å². The van der Waals surface area contributed by atoms with Gasteiger partial charge in [0.25, 0.3) is 18.2 Å². The lowest BCUT2D eigenvalue weighted by Gasteiger charge is -2.26. The molecule has 0 saturated carbocycles. The van der Waals surface area contributed by atoms with Crippen LogP contribution in [0.4, 0.5) is 8.78 Å². The largest absolute Gasteiger partial charge is 0.350 e. The molecule has 2 aromatic heterocycles. The van der Waals surface area contributed by atoms with Gasteiger partial charge in [0.05, 0.1) is 18.3 Å². The third-order valence-corrected chi connectivity index (χ3v) is 5.24. The molecule has 7 nitrogen and oxygen atoms in total. The first-order valence-electron chi connectivity index (χ1n) is 8.98. The Balaban J connectivity index is 1.56. The summed E-state index contributed by atoms with van der Waals surface area (Å²) in [6, 6.07) is 5.69. The third-order valence-electron chi connectivity index (χ3n) is 4.91. The van der Waals surface area contributed by atoms with E-state index in [0.29, 0.717) is 34.9 Å². The molecule has 0 aliphatic carbocycles. The predicted octanol–water partition coefficient (Wildman–Crippen LogP) is 3.39. The second-order valence-corrected chi connectivity index (χ2v) is 7.30. The average molecular weight is 423 g/mol. The van der Waals surface area contributed by atoms with Crippen molar-refractivity contribution in [2.75, 3.05) is 6.54 Å². The van der Waals surface area contributed by atoms with Crippen LogP contribution in [0.2, 0.25) is 5.02 Å². The van der Waals surface area contributed by atoms with Crippen molar-refractivity contribution < 1.29 is 22.9 Å². The van der Waals surface area contributed by atoms with E-state index in [1.165, 1.54) is 6.92 Å². The Morgan fingerprint density at radius 3 is 2.90 bits per heavy atom. The number of fused-ring (bicyclic) bond motifs is 2. The Kier molecular flexibility index (Phi) is 4.99. The summed E-state index contributed by atoms with van der Waals surface area (Å²) in [4.78, 5) is 29.8. The van der Waals surface area contributed by atoms with Crippen molar-refractivity contribution in [1.29, 1.82) is 0 Å². The molecule has 3 heterocycles. The summed E-state index contributed by atoms with van der Waals surface area (Å²) in [5, 5.41) is 7.31. The van der Waals surface area contributed by atoms with Gasteiger partial charge in [-0.3, -0.25) is 9.59 Å².